The van der Waals surface area contributed by atoms with Crippen LogP contribution < -0.4 is 21.7 Å². The molecule has 2 aliphatic heterocycles. The van der Waals surface area contributed by atoms with E-state index in [0.717, 1.165) is 20.9 Å². The van der Waals surface area contributed by atoms with Gasteiger partial charge in [-0.2, -0.15) is 15.3 Å². The van der Waals surface area contributed by atoms with Gasteiger partial charge in [0.25, 0.3) is 5.91 Å². The molecule has 0 spiro atoms. The fourth-order valence-electron chi connectivity index (χ4n) is 5.60. The zero-order valence-electron chi connectivity index (χ0n) is 22.8. The van der Waals surface area contributed by atoms with E-state index in [1.54, 1.807) is 54.9 Å². The lowest BCUT2D eigenvalue weighted by Gasteiger charge is -2.25. The third-order valence-corrected chi connectivity index (χ3v) is 7.65. The zero-order valence-corrected chi connectivity index (χ0v) is 22.8. The molecule has 4 amide bonds. The Hall–Kier alpha value is -5.08. The molecule has 3 atom stereocenters. The van der Waals surface area contributed by atoms with Crippen molar-refractivity contribution in [3.8, 4) is 11.1 Å². The number of anilines is 1. The number of alkyl halides is 1. The fourth-order valence-corrected chi connectivity index (χ4v) is 5.60. The highest BCUT2D eigenvalue weighted by Gasteiger charge is 2.44. The lowest BCUT2D eigenvalue weighted by atomic mass is 10.0. The second-order valence-electron chi connectivity index (χ2n) is 10.5. The van der Waals surface area contributed by atoms with Crippen LogP contribution in [-0.2, 0) is 25.7 Å². The van der Waals surface area contributed by atoms with Crippen LogP contribution in [0.5, 0.6) is 0 Å². The summed E-state index contributed by atoms with van der Waals surface area (Å²) < 4.78 is 16.0. The number of rotatable bonds is 7. The SMILES string of the molecule is NC(N)c1nn(CC(=O)N2CC(F)CC2C(=O)NC2CC(=O)N(c3ccccc3)C2=O)c2ccc(-c3ccnnc3)cc12. The van der Waals surface area contributed by atoms with Crippen molar-refractivity contribution < 1.29 is 23.6 Å². The number of halogens is 1. The number of nitrogens with one attached hydrogen (secondary N) is 1. The van der Waals surface area contributed by atoms with Gasteiger partial charge in [0, 0.05) is 17.4 Å². The standard InChI is InChI=1S/C29H28FN9O4/c30-18-11-23(28(42)35-21-12-24(40)39(29(21)43)19-4-2-1-3-5-19)37(14-18)25(41)15-38-22-7-6-16(17-8-9-33-34-13-17)10-20(22)26(36-38)27(31)32/h1-10,13,18,21,23,27H,11-12,14-15,31-32H2,(H,35,42). The van der Waals surface area contributed by atoms with E-state index >= 15 is 0 Å². The van der Waals surface area contributed by atoms with Gasteiger partial charge in [-0.05, 0) is 35.9 Å². The Morgan fingerprint density at radius 2 is 1.84 bits per heavy atom. The monoisotopic (exact) mass is 585 g/mol. The number of carbonyl (C=O) groups excluding carboxylic acids is 4. The number of imide groups is 1. The molecule has 6 rings (SSSR count). The molecule has 2 fully saturated rings. The highest BCUT2D eigenvalue weighted by molar-refractivity contribution is 6.23. The molecule has 4 aromatic rings. The minimum atomic E-state index is -1.44. The molecule has 0 saturated carbocycles. The van der Waals surface area contributed by atoms with Crippen LogP contribution in [0.3, 0.4) is 0 Å². The van der Waals surface area contributed by atoms with Gasteiger partial charge < -0.3 is 21.7 Å². The Kier molecular flexibility index (Phi) is 7.38. The number of para-hydroxylation sites is 1. The minimum absolute atomic E-state index is 0.238. The number of likely N-dealkylation sites (tertiary alicyclic amines) is 1. The molecule has 3 unspecified atom stereocenters. The normalized spacial score (nSPS) is 20.4. The van der Waals surface area contributed by atoms with E-state index in [2.05, 4.69) is 20.6 Å². The number of fused-ring (bicyclic) bond motifs is 1. The molecule has 4 heterocycles. The van der Waals surface area contributed by atoms with Crippen LogP contribution in [0.2, 0.25) is 0 Å². The predicted molar refractivity (Wildman–Crippen MR) is 152 cm³/mol. The second kappa shape index (κ2) is 11.3. The maximum absolute atomic E-state index is 14.6. The van der Waals surface area contributed by atoms with Crippen LogP contribution in [0.25, 0.3) is 22.0 Å². The van der Waals surface area contributed by atoms with Crippen molar-refractivity contribution in [1.29, 1.82) is 0 Å². The summed E-state index contributed by atoms with van der Waals surface area (Å²) in [5.41, 5.74) is 14.9. The van der Waals surface area contributed by atoms with E-state index in [4.69, 9.17) is 11.5 Å². The van der Waals surface area contributed by atoms with E-state index in [0.29, 0.717) is 22.3 Å². The summed E-state index contributed by atoms with van der Waals surface area (Å²) >= 11 is 0. The van der Waals surface area contributed by atoms with Crippen molar-refractivity contribution in [3.05, 3.63) is 72.7 Å². The van der Waals surface area contributed by atoms with Gasteiger partial charge in [0.1, 0.15) is 30.5 Å². The smallest absolute Gasteiger partial charge is 0.256 e. The lowest BCUT2D eigenvalue weighted by Crippen LogP contribution is -2.51. The van der Waals surface area contributed by atoms with Crippen molar-refractivity contribution in [2.45, 2.75) is 43.8 Å². The topological polar surface area (TPSA) is 182 Å². The van der Waals surface area contributed by atoms with Crippen LogP contribution in [0.1, 0.15) is 24.7 Å². The summed E-state index contributed by atoms with van der Waals surface area (Å²) in [6.45, 7) is -0.606. The number of benzene rings is 2. The molecule has 5 N–H and O–H groups in total. The van der Waals surface area contributed by atoms with E-state index in [1.807, 2.05) is 12.1 Å². The molecule has 2 aromatic heterocycles. The van der Waals surface area contributed by atoms with Crippen LogP contribution >= 0.6 is 0 Å². The fraction of sp³-hybridized carbons (Fsp3) is 0.276. The maximum atomic E-state index is 14.6. The average molecular weight is 586 g/mol. The van der Waals surface area contributed by atoms with Gasteiger partial charge in [-0.15, -0.1) is 0 Å². The first-order valence-electron chi connectivity index (χ1n) is 13.7. The van der Waals surface area contributed by atoms with Crippen LogP contribution in [0.15, 0.2) is 67.0 Å². The molecule has 220 valence electrons. The molecule has 0 aliphatic carbocycles. The third kappa shape index (κ3) is 5.33. The Morgan fingerprint density at radius 3 is 2.56 bits per heavy atom. The van der Waals surface area contributed by atoms with Crippen LogP contribution in [0, 0.1) is 0 Å². The third-order valence-electron chi connectivity index (χ3n) is 7.65. The number of carbonyl (C=O) groups is 4. The Morgan fingerprint density at radius 1 is 1.05 bits per heavy atom. The summed E-state index contributed by atoms with van der Waals surface area (Å²) in [5.74, 6) is -2.32. The molecule has 0 bridgehead atoms. The largest absolute Gasteiger partial charge is 0.342 e. The van der Waals surface area contributed by atoms with Crippen molar-refractivity contribution in [1.82, 2.24) is 30.2 Å². The number of aromatic nitrogens is 4. The zero-order chi connectivity index (χ0) is 30.2. The van der Waals surface area contributed by atoms with Gasteiger partial charge in [-0.3, -0.25) is 23.9 Å². The summed E-state index contributed by atoms with van der Waals surface area (Å²) in [6.07, 6.45) is 0.317. The highest BCUT2D eigenvalue weighted by Crippen LogP contribution is 2.29. The summed E-state index contributed by atoms with van der Waals surface area (Å²) in [4.78, 5) is 54.5. The first-order chi connectivity index (χ1) is 20.7. The van der Waals surface area contributed by atoms with Crippen molar-refractivity contribution >= 4 is 40.2 Å². The molecular formula is C29H28FN9O4. The number of nitrogens with zero attached hydrogens (tertiary/aromatic N) is 6. The quantitative estimate of drug-likeness (QED) is 0.209. The molecule has 0 radical (unpaired) electrons. The second-order valence-corrected chi connectivity index (χ2v) is 10.5. The van der Waals surface area contributed by atoms with Gasteiger partial charge in [0.15, 0.2) is 0 Å². The Balaban J connectivity index is 1.20. The van der Waals surface area contributed by atoms with Crippen molar-refractivity contribution in [2.24, 2.45) is 11.5 Å². The van der Waals surface area contributed by atoms with Gasteiger partial charge in [-0.25, -0.2) is 9.29 Å². The number of hydrogen-bond donors (Lipinski definition) is 3. The molecule has 14 heteroatoms. The van der Waals surface area contributed by atoms with E-state index < -0.39 is 48.0 Å². The Bertz CT molecular complexity index is 1710. The maximum Gasteiger partial charge on any atom is 0.256 e. The first-order valence-corrected chi connectivity index (χ1v) is 13.7. The Labute approximate surface area is 244 Å². The molecule has 13 nitrogen and oxygen atoms in total. The number of nitrogens with two attached hydrogens (primary N) is 2. The van der Waals surface area contributed by atoms with Gasteiger partial charge >= 0.3 is 0 Å². The lowest BCUT2D eigenvalue weighted by molar-refractivity contribution is -0.139. The van der Waals surface area contributed by atoms with E-state index in [1.165, 1.54) is 4.68 Å². The molecule has 43 heavy (non-hydrogen) atoms. The van der Waals surface area contributed by atoms with Gasteiger partial charge in [-0.1, -0.05) is 24.3 Å². The average Bonchev–Trinajstić information content (AvgIpc) is 3.66. The van der Waals surface area contributed by atoms with Gasteiger partial charge in [0.2, 0.25) is 17.7 Å². The highest BCUT2D eigenvalue weighted by atomic mass is 19.1. The van der Waals surface area contributed by atoms with Crippen LogP contribution in [-0.4, -0.2) is 73.3 Å². The number of amides is 4. The number of hydrogen-bond acceptors (Lipinski definition) is 9. The van der Waals surface area contributed by atoms with Crippen LogP contribution in [0.4, 0.5) is 10.1 Å². The van der Waals surface area contributed by atoms with E-state index in [9.17, 15) is 23.6 Å². The van der Waals surface area contributed by atoms with Crippen molar-refractivity contribution in [2.75, 3.05) is 11.4 Å². The minimum Gasteiger partial charge on any atom is -0.342 e. The molecular weight excluding hydrogens is 557 g/mol. The molecule has 2 aromatic carbocycles. The molecule has 2 aliphatic rings. The van der Waals surface area contributed by atoms with E-state index in [-0.39, 0.29) is 25.9 Å². The summed E-state index contributed by atoms with van der Waals surface area (Å²) in [5, 5.41) is 15.4. The first kappa shape index (κ1) is 28.1. The molecule has 2 saturated heterocycles. The summed E-state index contributed by atoms with van der Waals surface area (Å²) in [7, 11) is 0. The van der Waals surface area contributed by atoms with Crippen molar-refractivity contribution in [3.63, 3.8) is 0 Å². The predicted octanol–water partition coefficient (Wildman–Crippen LogP) is 0.797. The summed E-state index contributed by atoms with van der Waals surface area (Å²) in [6, 6.07) is 13.3. The van der Waals surface area contributed by atoms with Gasteiger partial charge in [0.05, 0.1) is 42.7 Å².